The standard InChI is InChI=1S/C15H26N4S/c1-10(9-16-15(2,3)4)20-14-18-17-13(11-5-6-11)19(14)12-7-8-12/h10-12,16H,5-9H2,1-4H3. The van der Waals surface area contributed by atoms with Crippen LogP contribution >= 0.6 is 11.8 Å². The molecule has 3 rings (SSSR count). The molecule has 1 atom stereocenters. The van der Waals surface area contributed by atoms with Crippen molar-refractivity contribution in [3.63, 3.8) is 0 Å². The monoisotopic (exact) mass is 294 g/mol. The lowest BCUT2D eigenvalue weighted by Crippen LogP contribution is -2.39. The zero-order chi connectivity index (χ0) is 14.3. The van der Waals surface area contributed by atoms with Gasteiger partial charge in [0.15, 0.2) is 5.16 Å². The van der Waals surface area contributed by atoms with E-state index in [4.69, 9.17) is 0 Å². The van der Waals surface area contributed by atoms with Gasteiger partial charge in [-0.25, -0.2) is 0 Å². The molecule has 0 spiro atoms. The fourth-order valence-electron chi connectivity index (χ4n) is 2.34. The highest BCUT2D eigenvalue weighted by atomic mass is 32.2. The van der Waals surface area contributed by atoms with E-state index in [1.165, 1.54) is 31.5 Å². The van der Waals surface area contributed by atoms with Crippen LogP contribution in [0, 0.1) is 0 Å². The van der Waals surface area contributed by atoms with Crippen LogP contribution in [0.3, 0.4) is 0 Å². The van der Waals surface area contributed by atoms with Crippen LogP contribution in [0.15, 0.2) is 5.16 Å². The van der Waals surface area contributed by atoms with Gasteiger partial charge < -0.3 is 9.88 Å². The van der Waals surface area contributed by atoms with Crippen molar-refractivity contribution < 1.29 is 0 Å². The van der Waals surface area contributed by atoms with E-state index in [0.717, 1.165) is 11.7 Å². The lowest BCUT2D eigenvalue weighted by molar-refractivity contribution is 0.429. The number of aromatic nitrogens is 3. The fourth-order valence-corrected chi connectivity index (χ4v) is 3.31. The normalized spacial score (nSPS) is 21.2. The lowest BCUT2D eigenvalue weighted by Gasteiger charge is -2.23. The molecule has 5 heteroatoms. The van der Waals surface area contributed by atoms with Crippen LogP contribution in [0.2, 0.25) is 0 Å². The van der Waals surface area contributed by atoms with E-state index in [2.05, 4.69) is 47.8 Å². The number of nitrogens with one attached hydrogen (secondary N) is 1. The second-order valence-corrected chi connectivity index (χ2v) is 8.68. The molecule has 2 aliphatic carbocycles. The topological polar surface area (TPSA) is 42.7 Å². The molecule has 0 aromatic carbocycles. The highest BCUT2D eigenvalue weighted by molar-refractivity contribution is 7.99. The predicted molar refractivity (Wildman–Crippen MR) is 83.3 cm³/mol. The molecule has 2 aliphatic rings. The Balaban J connectivity index is 1.64. The summed E-state index contributed by atoms with van der Waals surface area (Å²) in [5.74, 6) is 1.95. The third-order valence-electron chi connectivity index (χ3n) is 3.77. The molecule has 0 aliphatic heterocycles. The van der Waals surface area contributed by atoms with Gasteiger partial charge >= 0.3 is 0 Å². The van der Waals surface area contributed by atoms with E-state index >= 15 is 0 Å². The van der Waals surface area contributed by atoms with Crippen LogP contribution in [0.4, 0.5) is 0 Å². The van der Waals surface area contributed by atoms with Gasteiger partial charge in [0, 0.05) is 29.3 Å². The Hall–Kier alpha value is -0.550. The van der Waals surface area contributed by atoms with Gasteiger partial charge in [0.1, 0.15) is 5.82 Å². The number of hydrogen-bond acceptors (Lipinski definition) is 4. The Bertz CT molecular complexity index is 469. The molecule has 20 heavy (non-hydrogen) atoms. The number of rotatable bonds is 6. The van der Waals surface area contributed by atoms with Crippen molar-refractivity contribution in [2.24, 2.45) is 0 Å². The average molecular weight is 294 g/mol. The van der Waals surface area contributed by atoms with Crippen LogP contribution in [-0.2, 0) is 0 Å². The van der Waals surface area contributed by atoms with Crippen molar-refractivity contribution >= 4 is 11.8 Å². The lowest BCUT2D eigenvalue weighted by atomic mass is 10.1. The van der Waals surface area contributed by atoms with E-state index < -0.39 is 0 Å². The van der Waals surface area contributed by atoms with Gasteiger partial charge in [0.05, 0.1) is 0 Å². The summed E-state index contributed by atoms with van der Waals surface area (Å²) in [6.45, 7) is 9.91. The van der Waals surface area contributed by atoms with E-state index in [1.54, 1.807) is 0 Å². The zero-order valence-corrected chi connectivity index (χ0v) is 13.8. The molecule has 0 radical (unpaired) electrons. The maximum atomic E-state index is 4.47. The summed E-state index contributed by atoms with van der Waals surface area (Å²) >= 11 is 1.87. The van der Waals surface area contributed by atoms with Crippen LogP contribution < -0.4 is 5.32 Å². The van der Waals surface area contributed by atoms with Gasteiger partial charge in [-0.1, -0.05) is 18.7 Å². The first-order valence-electron chi connectivity index (χ1n) is 7.80. The smallest absolute Gasteiger partial charge is 0.191 e. The Morgan fingerprint density at radius 1 is 1.25 bits per heavy atom. The largest absolute Gasteiger partial charge is 0.311 e. The molecule has 1 heterocycles. The van der Waals surface area contributed by atoms with Crippen molar-refractivity contribution in [1.29, 1.82) is 0 Å². The van der Waals surface area contributed by atoms with E-state index in [1.807, 2.05) is 11.8 Å². The molecule has 2 fully saturated rings. The Morgan fingerprint density at radius 2 is 1.95 bits per heavy atom. The Morgan fingerprint density at radius 3 is 2.50 bits per heavy atom. The van der Waals surface area contributed by atoms with Gasteiger partial charge in [0.2, 0.25) is 0 Å². The van der Waals surface area contributed by atoms with Crippen molar-refractivity contribution in [2.75, 3.05) is 6.54 Å². The quantitative estimate of drug-likeness (QED) is 0.817. The summed E-state index contributed by atoms with van der Waals surface area (Å²) in [5.41, 5.74) is 0.179. The molecule has 0 bridgehead atoms. The first kappa shape index (κ1) is 14.4. The third kappa shape index (κ3) is 3.55. The van der Waals surface area contributed by atoms with Crippen LogP contribution in [0.25, 0.3) is 0 Å². The number of thioether (sulfide) groups is 1. The van der Waals surface area contributed by atoms with Crippen molar-refractivity contribution in [3.05, 3.63) is 5.82 Å². The van der Waals surface area contributed by atoms with Crippen LogP contribution in [0.1, 0.15) is 71.2 Å². The molecular weight excluding hydrogens is 268 g/mol. The van der Waals surface area contributed by atoms with Crippen molar-refractivity contribution in [2.45, 2.75) is 81.3 Å². The zero-order valence-electron chi connectivity index (χ0n) is 13.0. The minimum absolute atomic E-state index is 0.179. The van der Waals surface area contributed by atoms with Gasteiger partial charge in [-0.05, 0) is 46.5 Å². The van der Waals surface area contributed by atoms with Crippen molar-refractivity contribution in [1.82, 2.24) is 20.1 Å². The third-order valence-corrected chi connectivity index (χ3v) is 4.83. The maximum absolute atomic E-state index is 4.47. The van der Waals surface area contributed by atoms with Gasteiger partial charge in [0.25, 0.3) is 0 Å². The summed E-state index contributed by atoms with van der Waals surface area (Å²) in [4.78, 5) is 0. The van der Waals surface area contributed by atoms with Gasteiger partial charge in [-0.2, -0.15) is 0 Å². The molecular formula is C15H26N4S. The fraction of sp³-hybridized carbons (Fsp3) is 0.867. The average Bonchev–Trinajstić information content (AvgIpc) is 3.25. The van der Waals surface area contributed by atoms with E-state index in [0.29, 0.717) is 17.2 Å². The SMILES string of the molecule is CC(CNC(C)(C)C)Sc1nnc(C2CC2)n1C1CC1. The molecule has 4 nitrogen and oxygen atoms in total. The summed E-state index contributed by atoms with van der Waals surface area (Å²) in [5, 5.41) is 14.2. The molecule has 112 valence electrons. The highest BCUT2D eigenvalue weighted by Gasteiger charge is 2.36. The summed E-state index contributed by atoms with van der Waals surface area (Å²) in [6.07, 6.45) is 5.22. The van der Waals surface area contributed by atoms with Gasteiger partial charge in [-0.15, -0.1) is 10.2 Å². The van der Waals surface area contributed by atoms with Crippen LogP contribution in [-0.4, -0.2) is 32.1 Å². The number of nitrogens with zero attached hydrogens (tertiary/aromatic N) is 3. The minimum atomic E-state index is 0.179. The molecule has 1 aromatic rings. The Kier molecular flexibility index (Phi) is 3.84. The van der Waals surface area contributed by atoms with Crippen LogP contribution in [0.5, 0.6) is 0 Å². The second-order valence-electron chi connectivity index (χ2n) is 7.28. The second kappa shape index (κ2) is 5.34. The molecule has 1 aromatic heterocycles. The predicted octanol–water partition coefficient (Wildman–Crippen LogP) is 3.36. The summed E-state index contributed by atoms with van der Waals surface area (Å²) in [6, 6.07) is 0.686. The van der Waals surface area contributed by atoms with E-state index in [-0.39, 0.29) is 5.54 Å². The van der Waals surface area contributed by atoms with Crippen molar-refractivity contribution in [3.8, 4) is 0 Å². The number of hydrogen-bond donors (Lipinski definition) is 1. The first-order valence-corrected chi connectivity index (χ1v) is 8.68. The maximum Gasteiger partial charge on any atom is 0.191 e. The first-order chi connectivity index (χ1) is 9.44. The molecule has 1 unspecified atom stereocenters. The van der Waals surface area contributed by atoms with E-state index in [9.17, 15) is 0 Å². The molecule has 0 saturated heterocycles. The molecule has 0 amide bonds. The summed E-state index contributed by atoms with van der Waals surface area (Å²) in [7, 11) is 0. The van der Waals surface area contributed by atoms with Gasteiger partial charge in [-0.3, -0.25) is 0 Å². The molecule has 2 saturated carbocycles. The minimum Gasteiger partial charge on any atom is -0.311 e. The molecule has 1 N–H and O–H groups in total. The highest BCUT2D eigenvalue weighted by Crippen LogP contribution is 2.46. The Labute approximate surface area is 126 Å². The summed E-state index contributed by atoms with van der Waals surface area (Å²) < 4.78 is 2.44.